The molecule has 3 aromatic heterocycles. The van der Waals surface area contributed by atoms with E-state index in [4.69, 9.17) is 8.83 Å². The van der Waals surface area contributed by atoms with Gasteiger partial charge in [0.1, 0.15) is 10.3 Å². The molecule has 23 heavy (non-hydrogen) atoms. The van der Waals surface area contributed by atoms with Gasteiger partial charge in [-0.05, 0) is 36.2 Å². The smallest absolute Gasteiger partial charge is 0.319 e. The molecule has 0 aromatic carbocycles. The van der Waals surface area contributed by atoms with Crippen LogP contribution >= 0.6 is 11.5 Å². The zero-order chi connectivity index (χ0) is 16.0. The first-order valence-corrected chi connectivity index (χ1v) is 7.55. The van der Waals surface area contributed by atoms with Gasteiger partial charge in [0.15, 0.2) is 0 Å². The maximum atomic E-state index is 11.3. The summed E-state index contributed by atoms with van der Waals surface area (Å²) in [5.41, 5.74) is 0.139. The molecule has 0 amide bonds. The molecule has 1 aliphatic carbocycles. The van der Waals surface area contributed by atoms with Crippen LogP contribution < -0.4 is 5.32 Å². The molecule has 8 nitrogen and oxygen atoms in total. The van der Waals surface area contributed by atoms with Crippen LogP contribution in [0.15, 0.2) is 15.0 Å². The highest BCUT2D eigenvalue weighted by Crippen LogP contribution is 2.48. The molecule has 0 spiro atoms. The minimum Gasteiger partial charge on any atom is -0.480 e. The van der Waals surface area contributed by atoms with Crippen molar-refractivity contribution in [3.63, 3.8) is 0 Å². The maximum Gasteiger partial charge on any atom is 0.319 e. The molecule has 3 heterocycles. The van der Waals surface area contributed by atoms with Gasteiger partial charge in [0.2, 0.25) is 5.89 Å². The van der Waals surface area contributed by atoms with E-state index in [9.17, 15) is 9.90 Å². The quantitative estimate of drug-likeness (QED) is 0.699. The van der Waals surface area contributed by atoms with E-state index in [0.29, 0.717) is 12.8 Å². The Bertz CT molecular complexity index is 938. The Kier molecular flexibility index (Phi) is 2.89. The molecule has 4 rings (SSSR count). The van der Waals surface area contributed by atoms with Crippen molar-refractivity contribution in [1.82, 2.24) is 14.3 Å². The third-order valence-corrected chi connectivity index (χ3v) is 4.38. The first-order valence-electron chi connectivity index (χ1n) is 6.78. The molecule has 0 saturated heterocycles. The topological polar surface area (TPSA) is 114 Å². The summed E-state index contributed by atoms with van der Waals surface area (Å²) in [5, 5.41) is 12.2. The van der Waals surface area contributed by atoms with Crippen molar-refractivity contribution >= 4 is 34.6 Å². The van der Waals surface area contributed by atoms with Crippen molar-refractivity contribution in [2.45, 2.75) is 18.3 Å². The first kappa shape index (κ1) is 13.8. The zero-order valence-electron chi connectivity index (χ0n) is 11.9. The highest BCUT2D eigenvalue weighted by molar-refractivity contribution is 7.06. The maximum absolute atomic E-state index is 11.3. The molecule has 0 atom stereocenters. The lowest BCUT2D eigenvalue weighted by molar-refractivity contribution is -0.140. The van der Waals surface area contributed by atoms with Crippen molar-refractivity contribution in [3.05, 3.63) is 22.9 Å². The van der Waals surface area contributed by atoms with Crippen LogP contribution in [0.2, 0.25) is 0 Å². The Hall–Kier alpha value is -2.86. The van der Waals surface area contributed by atoms with Crippen LogP contribution in [0.3, 0.4) is 0 Å². The van der Waals surface area contributed by atoms with Gasteiger partial charge in [0.25, 0.3) is 17.3 Å². The van der Waals surface area contributed by atoms with Gasteiger partial charge in [-0.1, -0.05) is 0 Å². The molecule has 1 fully saturated rings. The number of nitrogens with zero attached hydrogens (tertiary/aromatic N) is 3. The zero-order valence-corrected chi connectivity index (χ0v) is 12.7. The molecule has 1 saturated carbocycles. The summed E-state index contributed by atoms with van der Waals surface area (Å²) < 4.78 is 14.9. The molecular weight excluding hydrogens is 320 g/mol. The SMILES string of the molecule is CNc1cnsc1C#Cc1nc2oc(C3(C(=O)O)CC3)nc2o1. The number of anilines is 1. The van der Waals surface area contributed by atoms with E-state index >= 15 is 0 Å². The molecule has 0 radical (unpaired) electrons. The van der Waals surface area contributed by atoms with Gasteiger partial charge < -0.3 is 19.3 Å². The largest absolute Gasteiger partial charge is 0.480 e. The fourth-order valence-electron chi connectivity index (χ4n) is 2.16. The number of carbonyl (C=O) groups is 1. The average Bonchev–Trinajstić information content (AvgIpc) is 2.88. The molecule has 1 aliphatic rings. The summed E-state index contributed by atoms with van der Waals surface area (Å²) in [5.74, 6) is 5.06. The third kappa shape index (κ3) is 2.15. The fraction of sp³-hybridized carbons (Fsp3) is 0.286. The highest BCUT2D eigenvalue weighted by Gasteiger charge is 2.56. The van der Waals surface area contributed by atoms with Gasteiger partial charge in [-0.25, -0.2) is 0 Å². The van der Waals surface area contributed by atoms with E-state index in [1.54, 1.807) is 13.2 Å². The second-order valence-corrected chi connectivity index (χ2v) is 5.91. The summed E-state index contributed by atoms with van der Waals surface area (Å²) in [6, 6.07) is 0. The number of carboxylic acid groups (broad SMARTS) is 1. The fourth-order valence-corrected chi connectivity index (χ4v) is 2.78. The number of hydrogen-bond acceptors (Lipinski definition) is 8. The molecule has 0 bridgehead atoms. The minimum absolute atomic E-state index is 0.144. The number of hydrogen-bond donors (Lipinski definition) is 2. The van der Waals surface area contributed by atoms with E-state index in [2.05, 4.69) is 31.5 Å². The number of aromatic nitrogens is 3. The van der Waals surface area contributed by atoms with Crippen LogP contribution in [0.1, 0.15) is 29.5 Å². The predicted octanol–water partition coefficient (Wildman–Crippen LogP) is 1.83. The van der Waals surface area contributed by atoms with Crippen molar-refractivity contribution in [1.29, 1.82) is 0 Å². The third-order valence-electron chi connectivity index (χ3n) is 3.67. The van der Waals surface area contributed by atoms with Crippen LogP contribution in [0.4, 0.5) is 5.69 Å². The van der Waals surface area contributed by atoms with Crippen LogP contribution in [0.5, 0.6) is 0 Å². The highest BCUT2D eigenvalue weighted by atomic mass is 32.1. The van der Waals surface area contributed by atoms with Crippen LogP contribution in [-0.4, -0.2) is 32.5 Å². The number of rotatable bonds is 3. The Morgan fingerprint density at radius 2 is 2.13 bits per heavy atom. The monoisotopic (exact) mass is 330 g/mol. The van der Waals surface area contributed by atoms with Crippen molar-refractivity contribution in [2.24, 2.45) is 0 Å². The Morgan fingerprint density at radius 3 is 2.78 bits per heavy atom. The van der Waals surface area contributed by atoms with E-state index in [1.165, 1.54) is 11.5 Å². The predicted molar refractivity (Wildman–Crippen MR) is 80.3 cm³/mol. The van der Waals surface area contributed by atoms with Crippen LogP contribution in [-0.2, 0) is 10.2 Å². The van der Waals surface area contributed by atoms with Gasteiger partial charge >= 0.3 is 5.97 Å². The normalized spacial score (nSPS) is 15.2. The van der Waals surface area contributed by atoms with E-state index in [1.807, 2.05) is 0 Å². The van der Waals surface area contributed by atoms with Gasteiger partial charge in [-0.15, -0.1) is 0 Å². The summed E-state index contributed by atoms with van der Waals surface area (Å²) in [7, 11) is 1.79. The Labute approximate surface area is 133 Å². The molecule has 9 heteroatoms. The summed E-state index contributed by atoms with van der Waals surface area (Å²) in [6.07, 6.45) is 2.71. The van der Waals surface area contributed by atoms with Crippen molar-refractivity contribution in [2.75, 3.05) is 12.4 Å². The lowest BCUT2D eigenvalue weighted by atomic mass is 10.1. The van der Waals surface area contributed by atoms with Gasteiger partial charge in [-0.2, -0.15) is 14.3 Å². The Morgan fingerprint density at radius 1 is 1.35 bits per heavy atom. The molecule has 2 N–H and O–H groups in total. The van der Waals surface area contributed by atoms with Gasteiger partial charge in [-0.3, -0.25) is 4.79 Å². The van der Waals surface area contributed by atoms with E-state index < -0.39 is 11.4 Å². The summed E-state index contributed by atoms with van der Waals surface area (Å²) in [6.45, 7) is 0. The van der Waals surface area contributed by atoms with Gasteiger partial charge in [0.05, 0.1) is 11.9 Å². The number of carboxylic acids is 1. The molecule has 3 aromatic rings. The van der Waals surface area contributed by atoms with E-state index in [-0.39, 0.29) is 23.2 Å². The molecule has 0 aliphatic heterocycles. The molecule has 116 valence electrons. The standard InChI is InChI=1S/C14H10N4O4S/c1-15-7-6-16-23-8(7)2-3-9-17-10-11(21-9)18-12(22-10)14(4-5-14)13(19)20/h6,15H,4-5H2,1H3,(H,19,20). The van der Waals surface area contributed by atoms with Crippen LogP contribution in [0, 0.1) is 11.8 Å². The Balaban J connectivity index is 1.64. The van der Waals surface area contributed by atoms with Crippen LogP contribution in [0.25, 0.3) is 11.4 Å². The number of fused-ring (bicyclic) bond motifs is 1. The lowest BCUT2D eigenvalue weighted by Crippen LogP contribution is -2.19. The average molecular weight is 330 g/mol. The van der Waals surface area contributed by atoms with Crippen molar-refractivity contribution in [3.8, 4) is 11.8 Å². The minimum atomic E-state index is -1.01. The molecule has 0 unspecified atom stereocenters. The van der Waals surface area contributed by atoms with E-state index in [0.717, 1.165) is 10.6 Å². The first-order chi connectivity index (χ1) is 11.1. The summed E-state index contributed by atoms with van der Waals surface area (Å²) in [4.78, 5) is 20.2. The number of aliphatic carboxylic acids is 1. The number of nitrogens with one attached hydrogen (secondary N) is 1. The second-order valence-electron chi connectivity index (χ2n) is 5.10. The van der Waals surface area contributed by atoms with Crippen molar-refractivity contribution < 1.29 is 18.7 Å². The number of oxazole rings is 2. The lowest BCUT2D eigenvalue weighted by Gasteiger charge is -2.01. The molecular formula is C14H10N4O4S. The second kappa shape index (κ2) is 4.82. The van der Waals surface area contributed by atoms with Gasteiger partial charge in [0, 0.05) is 7.05 Å². The summed E-state index contributed by atoms with van der Waals surface area (Å²) >= 11 is 1.26.